The first-order valence-electron chi connectivity index (χ1n) is 5.99. The minimum atomic E-state index is -0.286. The van der Waals surface area contributed by atoms with E-state index in [0.29, 0.717) is 16.6 Å². The van der Waals surface area contributed by atoms with Gasteiger partial charge in [-0.25, -0.2) is 8.78 Å². The first-order chi connectivity index (χ1) is 9.08. The lowest BCUT2D eigenvalue weighted by Crippen LogP contribution is -2.19. The highest BCUT2D eigenvalue weighted by Crippen LogP contribution is 2.19. The summed E-state index contributed by atoms with van der Waals surface area (Å²) in [5.74, 6) is -0.506. The fourth-order valence-corrected chi connectivity index (χ4v) is 2.28. The molecule has 0 spiro atoms. The van der Waals surface area contributed by atoms with Crippen molar-refractivity contribution in [3.8, 4) is 0 Å². The highest BCUT2D eigenvalue weighted by atomic mass is 79.9. The van der Waals surface area contributed by atoms with Gasteiger partial charge in [0, 0.05) is 18.2 Å². The molecule has 0 radical (unpaired) electrons. The minimum Gasteiger partial charge on any atom is -0.306 e. The van der Waals surface area contributed by atoms with Crippen molar-refractivity contribution in [2.45, 2.75) is 19.5 Å². The smallest absolute Gasteiger partial charge is 0.137 e. The number of benzene rings is 2. The zero-order chi connectivity index (χ0) is 13.8. The summed E-state index contributed by atoms with van der Waals surface area (Å²) in [5.41, 5.74) is 1.57. The monoisotopic (exact) mass is 325 g/mol. The van der Waals surface area contributed by atoms with Crippen LogP contribution in [0.5, 0.6) is 0 Å². The predicted octanol–water partition coefficient (Wildman–Crippen LogP) is 4.58. The second kappa shape index (κ2) is 6.26. The molecule has 0 saturated carbocycles. The number of hydrogen-bond acceptors (Lipinski definition) is 1. The molecule has 0 aromatic heterocycles. The lowest BCUT2D eigenvalue weighted by molar-refractivity contribution is 0.527. The van der Waals surface area contributed by atoms with Crippen LogP contribution < -0.4 is 5.32 Å². The first kappa shape index (κ1) is 14.2. The van der Waals surface area contributed by atoms with Crippen LogP contribution in [-0.2, 0) is 6.54 Å². The molecule has 2 aromatic carbocycles. The molecule has 0 heterocycles. The zero-order valence-electron chi connectivity index (χ0n) is 10.5. The molecule has 19 heavy (non-hydrogen) atoms. The van der Waals surface area contributed by atoms with Crippen LogP contribution in [0.3, 0.4) is 0 Å². The van der Waals surface area contributed by atoms with E-state index in [1.165, 1.54) is 12.1 Å². The average molecular weight is 326 g/mol. The largest absolute Gasteiger partial charge is 0.306 e. The first-order valence-corrected chi connectivity index (χ1v) is 6.79. The van der Waals surface area contributed by atoms with Crippen LogP contribution in [0.2, 0.25) is 0 Å². The van der Waals surface area contributed by atoms with E-state index in [2.05, 4.69) is 21.2 Å². The van der Waals surface area contributed by atoms with E-state index in [0.717, 1.165) is 5.56 Å². The van der Waals surface area contributed by atoms with E-state index in [1.807, 2.05) is 13.0 Å². The van der Waals surface area contributed by atoms with Gasteiger partial charge in [-0.15, -0.1) is 0 Å². The predicted molar refractivity (Wildman–Crippen MR) is 75.8 cm³/mol. The molecule has 1 unspecified atom stereocenters. The summed E-state index contributed by atoms with van der Waals surface area (Å²) in [6, 6.07) is 11.4. The van der Waals surface area contributed by atoms with Gasteiger partial charge in [-0.05, 0) is 46.6 Å². The molecular formula is C15H14BrF2N. The van der Waals surface area contributed by atoms with Crippen LogP contribution in [-0.4, -0.2) is 0 Å². The van der Waals surface area contributed by atoms with Crippen LogP contribution in [0.1, 0.15) is 24.1 Å². The molecule has 2 rings (SSSR count). The third-order valence-electron chi connectivity index (χ3n) is 2.97. The van der Waals surface area contributed by atoms with Crippen molar-refractivity contribution in [1.82, 2.24) is 5.32 Å². The van der Waals surface area contributed by atoms with Crippen LogP contribution in [0.25, 0.3) is 0 Å². The number of halogens is 3. The molecule has 0 fully saturated rings. The topological polar surface area (TPSA) is 12.0 Å². The molecule has 0 aliphatic heterocycles. The molecular weight excluding hydrogens is 312 g/mol. The zero-order valence-corrected chi connectivity index (χ0v) is 12.0. The summed E-state index contributed by atoms with van der Waals surface area (Å²) in [6.07, 6.45) is 0. The van der Waals surface area contributed by atoms with Crippen molar-refractivity contribution in [2.75, 3.05) is 0 Å². The maximum atomic E-state index is 13.6. The highest BCUT2D eigenvalue weighted by molar-refractivity contribution is 9.10. The van der Waals surface area contributed by atoms with Gasteiger partial charge >= 0.3 is 0 Å². The van der Waals surface area contributed by atoms with E-state index >= 15 is 0 Å². The van der Waals surface area contributed by atoms with Crippen molar-refractivity contribution >= 4 is 15.9 Å². The van der Waals surface area contributed by atoms with Crippen molar-refractivity contribution < 1.29 is 8.78 Å². The molecule has 100 valence electrons. The van der Waals surface area contributed by atoms with Gasteiger partial charge in [0.25, 0.3) is 0 Å². The normalized spacial score (nSPS) is 12.4. The van der Waals surface area contributed by atoms with Crippen molar-refractivity contribution in [3.63, 3.8) is 0 Å². The van der Waals surface area contributed by atoms with E-state index in [-0.39, 0.29) is 17.7 Å². The molecule has 0 saturated heterocycles. The van der Waals surface area contributed by atoms with Gasteiger partial charge in [-0.2, -0.15) is 0 Å². The van der Waals surface area contributed by atoms with Gasteiger partial charge in [0.2, 0.25) is 0 Å². The van der Waals surface area contributed by atoms with Gasteiger partial charge in [-0.1, -0.05) is 24.3 Å². The van der Waals surface area contributed by atoms with E-state index in [4.69, 9.17) is 0 Å². The molecule has 2 aromatic rings. The number of hydrogen-bond donors (Lipinski definition) is 1. The van der Waals surface area contributed by atoms with Crippen LogP contribution >= 0.6 is 15.9 Å². The average Bonchev–Trinajstić information content (AvgIpc) is 2.40. The number of nitrogens with one attached hydrogen (secondary N) is 1. The van der Waals surface area contributed by atoms with Gasteiger partial charge < -0.3 is 5.32 Å². The molecule has 1 nitrogen and oxygen atoms in total. The number of rotatable bonds is 4. The van der Waals surface area contributed by atoms with Gasteiger partial charge in [0.1, 0.15) is 11.6 Å². The molecule has 0 bridgehead atoms. The van der Waals surface area contributed by atoms with Gasteiger partial charge in [-0.3, -0.25) is 0 Å². The van der Waals surface area contributed by atoms with E-state index in [1.54, 1.807) is 24.3 Å². The Labute approximate surface area is 119 Å². The van der Waals surface area contributed by atoms with Crippen LogP contribution in [0.15, 0.2) is 46.9 Å². The van der Waals surface area contributed by atoms with Gasteiger partial charge in [0.05, 0.1) is 4.47 Å². The molecule has 0 aliphatic rings. The Kier molecular flexibility index (Phi) is 4.66. The third kappa shape index (κ3) is 3.61. The summed E-state index contributed by atoms with van der Waals surface area (Å²) in [5, 5.41) is 3.22. The molecule has 0 amide bonds. The SMILES string of the molecule is CC(NCc1ccc(F)c(Br)c1)c1ccccc1F. The second-order valence-corrected chi connectivity index (χ2v) is 5.23. The van der Waals surface area contributed by atoms with Gasteiger partial charge in [0.15, 0.2) is 0 Å². The lowest BCUT2D eigenvalue weighted by atomic mass is 10.1. The summed E-state index contributed by atoms with van der Waals surface area (Å²) < 4.78 is 27.1. The Morgan fingerprint density at radius 1 is 1.11 bits per heavy atom. The fourth-order valence-electron chi connectivity index (χ4n) is 1.86. The van der Waals surface area contributed by atoms with Crippen molar-refractivity contribution in [3.05, 3.63) is 69.7 Å². The van der Waals surface area contributed by atoms with E-state index < -0.39 is 0 Å². The maximum absolute atomic E-state index is 13.6. The second-order valence-electron chi connectivity index (χ2n) is 4.37. The Morgan fingerprint density at radius 3 is 2.53 bits per heavy atom. The Bertz CT molecular complexity index is 572. The molecule has 4 heteroatoms. The Hall–Kier alpha value is -1.26. The van der Waals surface area contributed by atoms with Crippen LogP contribution in [0.4, 0.5) is 8.78 Å². The summed E-state index contributed by atoms with van der Waals surface area (Å²) in [6.45, 7) is 2.45. The standard InChI is InChI=1S/C15H14BrF2N/c1-10(12-4-2-3-5-14(12)17)19-9-11-6-7-15(18)13(16)8-11/h2-8,10,19H,9H2,1H3. The minimum absolute atomic E-state index is 0.106. The summed E-state index contributed by atoms with van der Waals surface area (Å²) >= 11 is 3.15. The molecule has 1 atom stereocenters. The van der Waals surface area contributed by atoms with Crippen LogP contribution in [0, 0.1) is 11.6 Å². The van der Waals surface area contributed by atoms with Crippen molar-refractivity contribution in [1.29, 1.82) is 0 Å². The third-order valence-corrected chi connectivity index (χ3v) is 3.58. The Balaban J connectivity index is 2.02. The summed E-state index contributed by atoms with van der Waals surface area (Å²) in [4.78, 5) is 0. The lowest BCUT2D eigenvalue weighted by Gasteiger charge is -2.15. The maximum Gasteiger partial charge on any atom is 0.137 e. The van der Waals surface area contributed by atoms with Crippen molar-refractivity contribution in [2.24, 2.45) is 0 Å². The molecule has 0 aliphatic carbocycles. The fraction of sp³-hybridized carbons (Fsp3) is 0.200. The Morgan fingerprint density at radius 2 is 1.84 bits per heavy atom. The van der Waals surface area contributed by atoms with E-state index in [9.17, 15) is 8.78 Å². The quantitative estimate of drug-likeness (QED) is 0.867. The highest BCUT2D eigenvalue weighted by Gasteiger charge is 2.09. The summed E-state index contributed by atoms with van der Waals surface area (Å²) in [7, 11) is 0. The molecule has 1 N–H and O–H groups in total.